The minimum atomic E-state index is 0.0129. The van der Waals surface area contributed by atoms with Gasteiger partial charge in [-0.25, -0.2) is 9.69 Å². The SMILES string of the molecule is [C-]#[N+]c1c(C#N)c(C=Cc2ccc(N(c3ccccc3)c3ccc(OCC)cc3)cc2)c(C#N)c([N+]#[C-])c1C=Cc1ccc(N(c2ccccc2)c2ccc(OC)cc2)cc1. The van der Waals surface area contributed by atoms with E-state index >= 15 is 0 Å². The first-order valence-electron chi connectivity index (χ1n) is 19.4. The number of nitriles is 2. The van der Waals surface area contributed by atoms with Crippen molar-refractivity contribution < 1.29 is 9.47 Å². The Balaban J connectivity index is 1.19. The van der Waals surface area contributed by atoms with Crippen molar-refractivity contribution in [2.75, 3.05) is 23.5 Å². The molecule has 8 nitrogen and oxygen atoms in total. The predicted octanol–water partition coefficient (Wildman–Crippen LogP) is 14.2. The highest BCUT2D eigenvalue weighted by Gasteiger charge is 2.22. The molecule has 7 aromatic rings. The Kier molecular flexibility index (Phi) is 12.6. The van der Waals surface area contributed by atoms with Crippen LogP contribution in [0.2, 0.25) is 0 Å². The van der Waals surface area contributed by atoms with Crippen LogP contribution in [-0.2, 0) is 0 Å². The molecule has 0 aliphatic rings. The number of hydrogen-bond donors (Lipinski definition) is 0. The van der Waals surface area contributed by atoms with E-state index in [0.29, 0.717) is 6.61 Å². The van der Waals surface area contributed by atoms with E-state index in [0.717, 1.165) is 56.8 Å². The average Bonchev–Trinajstić information content (AvgIpc) is 3.32. The zero-order chi connectivity index (χ0) is 42.6. The quantitative estimate of drug-likeness (QED) is 0.0855. The Morgan fingerprint density at radius 2 is 0.852 bits per heavy atom. The Morgan fingerprint density at radius 1 is 0.492 bits per heavy atom. The smallest absolute Gasteiger partial charge is 0.202 e. The molecule has 0 saturated heterocycles. The molecule has 0 aliphatic heterocycles. The molecule has 0 heterocycles. The van der Waals surface area contributed by atoms with Crippen LogP contribution in [0.4, 0.5) is 45.5 Å². The molecule has 0 fully saturated rings. The highest BCUT2D eigenvalue weighted by molar-refractivity contribution is 5.96. The predicted molar refractivity (Wildman–Crippen MR) is 246 cm³/mol. The van der Waals surface area contributed by atoms with E-state index in [2.05, 4.69) is 31.6 Å². The van der Waals surface area contributed by atoms with E-state index in [1.54, 1.807) is 31.4 Å². The van der Waals surface area contributed by atoms with Gasteiger partial charge in [-0.1, -0.05) is 85.0 Å². The second-order valence-electron chi connectivity index (χ2n) is 13.5. The van der Waals surface area contributed by atoms with Gasteiger partial charge < -0.3 is 19.3 Å². The number of methoxy groups -OCH3 is 1. The summed E-state index contributed by atoms with van der Waals surface area (Å²) in [5.41, 5.74) is 7.86. The van der Waals surface area contributed by atoms with Gasteiger partial charge in [0.05, 0.1) is 50.1 Å². The number of para-hydroxylation sites is 2. The fourth-order valence-corrected chi connectivity index (χ4v) is 7.01. The fourth-order valence-electron chi connectivity index (χ4n) is 7.01. The Bertz CT molecular complexity index is 2810. The number of rotatable bonds is 13. The summed E-state index contributed by atoms with van der Waals surface area (Å²) in [6, 6.07) is 55.9. The Morgan fingerprint density at radius 3 is 1.21 bits per heavy atom. The third-order valence-corrected chi connectivity index (χ3v) is 9.92. The van der Waals surface area contributed by atoms with Crippen LogP contribution in [0.1, 0.15) is 40.3 Å². The summed E-state index contributed by atoms with van der Waals surface area (Å²) in [5.74, 6) is 1.55. The summed E-state index contributed by atoms with van der Waals surface area (Å²) in [7, 11) is 1.64. The molecule has 0 spiro atoms. The zero-order valence-electron chi connectivity index (χ0n) is 33.5. The van der Waals surface area contributed by atoms with Crippen LogP contribution >= 0.6 is 0 Å². The van der Waals surface area contributed by atoms with Crippen molar-refractivity contribution in [2.24, 2.45) is 0 Å². The second kappa shape index (κ2) is 19.1. The summed E-state index contributed by atoms with van der Waals surface area (Å²) >= 11 is 0. The van der Waals surface area contributed by atoms with Crippen LogP contribution in [0, 0.1) is 35.8 Å². The van der Waals surface area contributed by atoms with Crippen molar-refractivity contribution in [1.29, 1.82) is 10.5 Å². The van der Waals surface area contributed by atoms with E-state index in [4.69, 9.17) is 22.6 Å². The number of benzene rings is 7. The standard InChI is InChI=1S/C53H38N6O2/c1-5-61-47-32-28-45(29-33-47)59(41-14-10-7-11-15-41)43-22-16-38(17-23-43)20-34-48-50(36-54)52(56-2)49(53(57-3)51(48)37-55)35-21-39-18-24-42(25-19-39)58(40-12-8-6-9-13-40)44-26-30-46(60-4)31-27-44/h6-35H,5H2,1,4H3. The van der Waals surface area contributed by atoms with E-state index in [1.807, 2.05) is 165 Å². The maximum atomic E-state index is 10.4. The molecule has 0 saturated carbocycles. The van der Waals surface area contributed by atoms with E-state index < -0.39 is 0 Å². The third kappa shape index (κ3) is 8.86. The molecule has 61 heavy (non-hydrogen) atoms. The van der Waals surface area contributed by atoms with Crippen molar-refractivity contribution in [2.45, 2.75) is 6.92 Å². The van der Waals surface area contributed by atoms with Crippen LogP contribution in [0.25, 0.3) is 34.0 Å². The zero-order valence-corrected chi connectivity index (χ0v) is 33.5. The van der Waals surface area contributed by atoms with Gasteiger partial charge in [-0.3, -0.25) is 0 Å². The van der Waals surface area contributed by atoms with Gasteiger partial charge in [-0.2, -0.15) is 10.5 Å². The lowest BCUT2D eigenvalue weighted by atomic mass is 9.92. The number of ether oxygens (including phenoxy) is 2. The van der Waals surface area contributed by atoms with E-state index in [1.165, 1.54) is 0 Å². The van der Waals surface area contributed by atoms with Gasteiger partial charge in [-0.15, -0.1) is 0 Å². The van der Waals surface area contributed by atoms with Crippen molar-refractivity contribution in [3.63, 3.8) is 0 Å². The summed E-state index contributed by atoms with van der Waals surface area (Å²) in [4.78, 5) is 11.7. The molecule has 8 heteroatoms. The first-order chi connectivity index (χ1) is 30.0. The van der Waals surface area contributed by atoms with Crippen molar-refractivity contribution in [3.8, 4) is 23.6 Å². The van der Waals surface area contributed by atoms with Crippen LogP contribution in [0.15, 0.2) is 158 Å². The maximum absolute atomic E-state index is 10.4. The fraction of sp³-hybridized carbons (Fsp3) is 0.0566. The molecule has 0 bridgehead atoms. The largest absolute Gasteiger partial charge is 0.497 e. The lowest BCUT2D eigenvalue weighted by Crippen LogP contribution is -2.09. The number of nitrogens with zero attached hydrogens (tertiary/aromatic N) is 6. The molecule has 0 aromatic heterocycles. The molecule has 292 valence electrons. The van der Waals surface area contributed by atoms with Crippen LogP contribution in [0.3, 0.4) is 0 Å². The van der Waals surface area contributed by atoms with Crippen molar-refractivity contribution >= 4 is 69.8 Å². The van der Waals surface area contributed by atoms with E-state index in [9.17, 15) is 10.5 Å². The maximum Gasteiger partial charge on any atom is 0.202 e. The van der Waals surface area contributed by atoms with Gasteiger partial charge in [0, 0.05) is 34.1 Å². The minimum absolute atomic E-state index is 0.0129. The van der Waals surface area contributed by atoms with E-state index in [-0.39, 0.29) is 33.6 Å². The molecule has 0 radical (unpaired) electrons. The first kappa shape index (κ1) is 40.4. The molecular formula is C53H38N6O2. The van der Waals surface area contributed by atoms with Gasteiger partial charge in [0.2, 0.25) is 11.4 Å². The van der Waals surface area contributed by atoms with Gasteiger partial charge in [0.15, 0.2) is 0 Å². The van der Waals surface area contributed by atoms with Gasteiger partial charge in [-0.05, 0) is 126 Å². The van der Waals surface area contributed by atoms with Crippen molar-refractivity contribution in [3.05, 3.63) is 214 Å². The van der Waals surface area contributed by atoms with Crippen LogP contribution in [-0.4, -0.2) is 13.7 Å². The van der Waals surface area contributed by atoms with Gasteiger partial charge >= 0.3 is 0 Å². The third-order valence-electron chi connectivity index (χ3n) is 9.92. The molecule has 0 aliphatic carbocycles. The lowest BCUT2D eigenvalue weighted by Gasteiger charge is -2.25. The van der Waals surface area contributed by atoms with Crippen molar-refractivity contribution in [1.82, 2.24) is 0 Å². The molecule has 0 unspecified atom stereocenters. The average molecular weight is 791 g/mol. The topological polar surface area (TPSA) is 81.2 Å². The minimum Gasteiger partial charge on any atom is -0.497 e. The summed E-state index contributed by atoms with van der Waals surface area (Å²) in [5, 5.41) is 20.8. The number of anilines is 6. The monoisotopic (exact) mass is 790 g/mol. The molecule has 0 amide bonds. The van der Waals surface area contributed by atoms with Crippen LogP contribution in [0.5, 0.6) is 11.5 Å². The normalized spacial score (nSPS) is 10.7. The highest BCUT2D eigenvalue weighted by atomic mass is 16.5. The summed E-state index contributed by atoms with van der Waals surface area (Å²) < 4.78 is 11.0. The molecule has 0 N–H and O–H groups in total. The van der Waals surface area contributed by atoms with Crippen LogP contribution < -0.4 is 19.3 Å². The molecule has 0 atom stereocenters. The summed E-state index contributed by atoms with van der Waals surface area (Å²) in [6.45, 7) is 18.8. The molecule has 7 rings (SSSR count). The summed E-state index contributed by atoms with van der Waals surface area (Å²) in [6.07, 6.45) is 6.86. The second-order valence-corrected chi connectivity index (χ2v) is 13.5. The lowest BCUT2D eigenvalue weighted by molar-refractivity contribution is 0.340. The Hall–Kier alpha value is -8.82. The first-order valence-corrected chi connectivity index (χ1v) is 19.4. The van der Waals surface area contributed by atoms with Gasteiger partial charge in [0.25, 0.3) is 0 Å². The number of hydrogen-bond acceptors (Lipinski definition) is 6. The van der Waals surface area contributed by atoms with Gasteiger partial charge in [0.1, 0.15) is 11.5 Å². The molecule has 7 aromatic carbocycles. The highest BCUT2D eigenvalue weighted by Crippen LogP contribution is 2.42. The molecular weight excluding hydrogens is 753 g/mol. The Labute approximate surface area is 356 Å².